The lowest BCUT2D eigenvalue weighted by atomic mass is 10.3. The maximum atomic E-state index is 4.72. The molecule has 0 fully saturated rings. The highest BCUT2D eigenvalue weighted by molar-refractivity contribution is 7.09. The summed E-state index contributed by atoms with van der Waals surface area (Å²) in [4.78, 5) is 15.9. The summed E-state index contributed by atoms with van der Waals surface area (Å²) >= 11 is 1.68. The summed E-state index contributed by atoms with van der Waals surface area (Å²) < 4.78 is 0. The van der Waals surface area contributed by atoms with Crippen molar-refractivity contribution in [1.29, 1.82) is 0 Å². The Morgan fingerprint density at radius 1 is 1.05 bits per heavy atom. The predicted octanol–water partition coefficient (Wildman–Crippen LogP) is 3.34. The smallest absolute Gasteiger partial charge is 0.150 e. The van der Waals surface area contributed by atoms with Gasteiger partial charge in [0.25, 0.3) is 0 Å². The second-order valence-corrected chi connectivity index (χ2v) is 5.80. The van der Waals surface area contributed by atoms with Gasteiger partial charge in [-0.2, -0.15) is 0 Å². The lowest BCUT2D eigenvalue weighted by Gasteiger charge is -2.18. The molecule has 2 aromatic heterocycles. The number of anilines is 1. The van der Waals surface area contributed by atoms with Gasteiger partial charge in [-0.3, -0.25) is 0 Å². The second-order valence-electron chi connectivity index (χ2n) is 4.86. The van der Waals surface area contributed by atoms with E-state index in [2.05, 4.69) is 20.2 Å². The molecule has 3 rings (SSSR count). The van der Waals surface area contributed by atoms with E-state index < -0.39 is 0 Å². The zero-order valence-electron chi connectivity index (χ0n) is 11.8. The zero-order valence-corrected chi connectivity index (χ0v) is 12.6. The number of rotatable bonds is 3. The Bertz CT molecular complexity index is 750. The molecule has 2 heterocycles. The summed E-state index contributed by atoms with van der Waals surface area (Å²) in [6.45, 7) is 4.77. The maximum absolute atomic E-state index is 4.72. The van der Waals surface area contributed by atoms with Crippen LogP contribution in [0, 0.1) is 13.8 Å². The Morgan fingerprint density at radius 3 is 2.40 bits per heavy atom. The van der Waals surface area contributed by atoms with Gasteiger partial charge in [-0.25, -0.2) is 15.0 Å². The normalized spacial score (nSPS) is 10.9. The molecule has 0 unspecified atom stereocenters. The van der Waals surface area contributed by atoms with Crippen molar-refractivity contribution >= 4 is 28.2 Å². The van der Waals surface area contributed by atoms with Crippen LogP contribution in [0.25, 0.3) is 11.0 Å². The number of para-hydroxylation sites is 2. The van der Waals surface area contributed by atoms with Gasteiger partial charge in [0.05, 0.1) is 23.3 Å². The number of hydrogen-bond acceptors (Lipinski definition) is 5. The number of fused-ring (bicyclic) bond motifs is 1. The van der Waals surface area contributed by atoms with Crippen LogP contribution in [0.3, 0.4) is 0 Å². The number of benzene rings is 1. The van der Waals surface area contributed by atoms with Crippen LogP contribution in [0.15, 0.2) is 29.6 Å². The molecule has 0 aliphatic carbocycles. The Hall–Kier alpha value is -2.01. The molecule has 3 aromatic rings. The third-order valence-electron chi connectivity index (χ3n) is 3.12. The lowest BCUT2D eigenvalue weighted by molar-refractivity contribution is 0.874. The van der Waals surface area contributed by atoms with E-state index in [1.165, 1.54) is 0 Å². The third kappa shape index (κ3) is 2.49. The minimum atomic E-state index is 0.756. The molecule has 5 heteroatoms. The van der Waals surface area contributed by atoms with Crippen LogP contribution in [0.4, 0.5) is 5.82 Å². The average Bonchev–Trinajstić information content (AvgIpc) is 2.83. The van der Waals surface area contributed by atoms with Gasteiger partial charge in [-0.15, -0.1) is 11.3 Å². The van der Waals surface area contributed by atoms with Gasteiger partial charge >= 0.3 is 0 Å². The SMILES string of the molecule is Cc1csc(CN(C)c2nc3ccccc3nc2C)n1. The average molecular weight is 284 g/mol. The number of hydrogen-bond donors (Lipinski definition) is 0. The van der Waals surface area contributed by atoms with Crippen molar-refractivity contribution in [2.24, 2.45) is 0 Å². The van der Waals surface area contributed by atoms with Crippen molar-refractivity contribution in [1.82, 2.24) is 15.0 Å². The van der Waals surface area contributed by atoms with Crippen molar-refractivity contribution in [2.45, 2.75) is 20.4 Å². The third-order valence-corrected chi connectivity index (χ3v) is 4.07. The number of aryl methyl sites for hydroxylation is 2. The fourth-order valence-corrected chi connectivity index (χ4v) is 3.02. The van der Waals surface area contributed by atoms with Crippen molar-refractivity contribution in [3.63, 3.8) is 0 Å². The summed E-state index contributed by atoms with van der Waals surface area (Å²) in [5.41, 5.74) is 3.88. The quantitative estimate of drug-likeness (QED) is 0.739. The first-order chi connectivity index (χ1) is 9.63. The van der Waals surface area contributed by atoms with Gasteiger partial charge in [-0.1, -0.05) is 12.1 Å². The number of nitrogens with zero attached hydrogens (tertiary/aromatic N) is 4. The highest BCUT2D eigenvalue weighted by Gasteiger charge is 2.11. The molecule has 0 spiro atoms. The van der Waals surface area contributed by atoms with Crippen molar-refractivity contribution in [3.8, 4) is 0 Å². The first-order valence-corrected chi connectivity index (χ1v) is 7.37. The van der Waals surface area contributed by atoms with E-state index in [9.17, 15) is 0 Å². The Labute approximate surface area is 122 Å². The van der Waals surface area contributed by atoms with Crippen molar-refractivity contribution in [2.75, 3.05) is 11.9 Å². The lowest BCUT2D eigenvalue weighted by Crippen LogP contribution is -2.19. The van der Waals surface area contributed by atoms with Gasteiger partial charge in [0.1, 0.15) is 5.01 Å². The van der Waals surface area contributed by atoms with Crippen LogP contribution in [-0.4, -0.2) is 22.0 Å². The van der Waals surface area contributed by atoms with Crippen LogP contribution < -0.4 is 4.90 Å². The van der Waals surface area contributed by atoms with Crippen LogP contribution in [0.1, 0.15) is 16.4 Å². The summed E-state index contributed by atoms with van der Waals surface area (Å²) in [5.74, 6) is 0.913. The van der Waals surface area contributed by atoms with Crippen LogP contribution >= 0.6 is 11.3 Å². The summed E-state index contributed by atoms with van der Waals surface area (Å²) in [6, 6.07) is 7.95. The highest BCUT2D eigenvalue weighted by Crippen LogP contribution is 2.21. The molecule has 0 saturated heterocycles. The molecule has 0 radical (unpaired) electrons. The van der Waals surface area contributed by atoms with Gasteiger partial charge in [0, 0.05) is 18.1 Å². The van der Waals surface area contributed by atoms with E-state index in [0.29, 0.717) is 0 Å². The fraction of sp³-hybridized carbons (Fsp3) is 0.267. The molecule has 0 saturated carbocycles. The topological polar surface area (TPSA) is 41.9 Å². The molecule has 0 N–H and O–H groups in total. The molecular weight excluding hydrogens is 268 g/mol. The van der Waals surface area contributed by atoms with E-state index in [-0.39, 0.29) is 0 Å². The summed E-state index contributed by atoms with van der Waals surface area (Å²) in [5, 5.41) is 3.17. The van der Waals surface area contributed by atoms with Crippen molar-refractivity contribution in [3.05, 3.63) is 46.0 Å². The van der Waals surface area contributed by atoms with E-state index in [0.717, 1.165) is 39.8 Å². The van der Waals surface area contributed by atoms with Gasteiger partial charge in [0.15, 0.2) is 5.82 Å². The molecule has 20 heavy (non-hydrogen) atoms. The first-order valence-electron chi connectivity index (χ1n) is 6.49. The maximum Gasteiger partial charge on any atom is 0.150 e. The molecular formula is C15H16N4S. The molecule has 4 nitrogen and oxygen atoms in total. The molecule has 0 amide bonds. The molecule has 102 valence electrons. The van der Waals surface area contributed by atoms with Gasteiger partial charge in [-0.05, 0) is 26.0 Å². The van der Waals surface area contributed by atoms with E-state index in [1.54, 1.807) is 11.3 Å². The first kappa shape index (κ1) is 13.0. The van der Waals surface area contributed by atoms with Gasteiger partial charge < -0.3 is 4.90 Å². The minimum Gasteiger partial charge on any atom is -0.351 e. The molecule has 0 bridgehead atoms. The number of thiazole rings is 1. The van der Waals surface area contributed by atoms with Crippen LogP contribution in [0.2, 0.25) is 0 Å². The van der Waals surface area contributed by atoms with E-state index in [1.807, 2.05) is 45.2 Å². The molecule has 0 atom stereocenters. The van der Waals surface area contributed by atoms with E-state index >= 15 is 0 Å². The standard InChI is InChI=1S/C15H16N4S/c1-10-9-20-14(16-10)8-19(3)15-11(2)17-12-6-4-5-7-13(12)18-15/h4-7,9H,8H2,1-3H3. The zero-order chi connectivity index (χ0) is 14.1. The van der Waals surface area contributed by atoms with Crippen molar-refractivity contribution < 1.29 is 0 Å². The number of aromatic nitrogens is 3. The Kier molecular flexibility index (Phi) is 3.36. The fourth-order valence-electron chi connectivity index (χ4n) is 2.19. The Morgan fingerprint density at radius 2 is 1.75 bits per heavy atom. The highest BCUT2D eigenvalue weighted by atomic mass is 32.1. The molecule has 0 aliphatic rings. The van der Waals surface area contributed by atoms with E-state index in [4.69, 9.17) is 4.98 Å². The molecule has 1 aromatic carbocycles. The van der Waals surface area contributed by atoms with Crippen LogP contribution in [0.5, 0.6) is 0 Å². The largest absolute Gasteiger partial charge is 0.351 e. The monoisotopic (exact) mass is 284 g/mol. The molecule has 0 aliphatic heterocycles. The van der Waals surface area contributed by atoms with Gasteiger partial charge in [0.2, 0.25) is 0 Å². The van der Waals surface area contributed by atoms with Crippen LogP contribution in [-0.2, 0) is 6.54 Å². The Balaban J connectivity index is 1.94. The summed E-state index contributed by atoms with van der Waals surface area (Å²) in [7, 11) is 2.03. The second kappa shape index (κ2) is 5.17. The predicted molar refractivity (Wildman–Crippen MR) is 83.2 cm³/mol. The minimum absolute atomic E-state index is 0.756. The summed E-state index contributed by atoms with van der Waals surface area (Å²) in [6.07, 6.45) is 0.